The van der Waals surface area contributed by atoms with Crippen molar-refractivity contribution in [2.24, 2.45) is 0 Å². The second-order valence-corrected chi connectivity index (χ2v) is 17.1. The number of rotatable bonds is 2. The molecule has 0 radical (unpaired) electrons. The van der Waals surface area contributed by atoms with Crippen molar-refractivity contribution >= 4 is 53.5 Å². The van der Waals surface area contributed by atoms with E-state index in [-0.39, 0.29) is 37.5 Å². The van der Waals surface area contributed by atoms with Crippen LogP contribution in [0.15, 0.2) is 0 Å². The first-order chi connectivity index (χ1) is 7.95. The standard InChI is InChI=1S/2C2H8NO2P.4ClH.H2O.3Zn/c2*1-6(4,5)2-3;;;;;;;;/h2*2-3H2,1H3,(H,4,5);4*1H;1H2;;;/q;;;;;;;;2*+2/p-3. The van der Waals surface area contributed by atoms with E-state index in [1.54, 1.807) is 0 Å². The summed E-state index contributed by atoms with van der Waals surface area (Å²) < 4.78 is 20.2. The predicted octanol–water partition coefficient (Wildman–Crippen LogP) is 0.746. The maximum Gasteiger partial charge on any atom is 0 e. The van der Waals surface area contributed by atoms with Gasteiger partial charge in [0, 0.05) is 32.8 Å². The quantitative estimate of drug-likeness (QED) is 0.282. The Kier molecular flexibility index (Phi) is 52.5. The molecule has 9 N–H and O–H groups in total. The molecule has 0 aliphatic carbocycles. The van der Waals surface area contributed by atoms with E-state index in [0.29, 0.717) is 0 Å². The Morgan fingerprint density at radius 2 is 0.950 bits per heavy atom. The van der Waals surface area contributed by atoms with Gasteiger partial charge < -0.3 is 26.7 Å². The molecule has 0 saturated heterocycles. The van der Waals surface area contributed by atoms with Crippen molar-refractivity contribution in [3.63, 3.8) is 0 Å². The van der Waals surface area contributed by atoms with Crippen LogP contribution in [0.2, 0.25) is 0 Å². The summed E-state index contributed by atoms with van der Waals surface area (Å²) in [5.74, 6) is 0. The third-order valence-electron chi connectivity index (χ3n) is 0.830. The largest absolute Gasteiger partial charge is 0.870 e. The van der Waals surface area contributed by atoms with E-state index >= 15 is 0 Å². The van der Waals surface area contributed by atoms with Gasteiger partial charge in [-0.25, -0.2) is 0 Å². The third-order valence-corrected chi connectivity index (χ3v) is 2.49. The van der Waals surface area contributed by atoms with Crippen molar-refractivity contribution in [1.29, 1.82) is 0 Å². The average molecular weight is 575 g/mol. The van der Waals surface area contributed by atoms with E-state index < -0.39 is 45.0 Å². The zero-order chi connectivity index (χ0) is 15.8. The molecular weight excluding hydrogens is 556 g/mol. The molecule has 0 aromatic carbocycles. The van der Waals surface area contributed by atoms with Gasteiger partial charge in [0.25, 0.3) is 0 Å². The van der Waals surface area contributed by atoms with Crippen molar-refractivity contribution in [2.75, 3.05) is 25.9 Å². The Labute approximate surface area is 163 Å². The van der Waals surface area contributed by atoms with E-state index in [0.717, 1.165) is 0 Å². The minimum Gasteiger partial charge on any atom is -0.870 e. The molecule has 0 amide bonds. The van der Waals surface area contributed by atoms with Crippen LogP contribution in [0.25, 0.3) is 0 Å². The van der Waals surface area contributed by atoms with E-state index in [2.05, 4.69) is 11.5 Å². The SMILES string of the molecule is CP(=O)(O)C[NH3+].CP(=O)(O)C[NH3+].[Cl][Zn][Cl].[Cl][Zn][Cl].[OH-].[Zn]. The van der Waals surface area contributed by atoms with Gasteiger partial charge in [0.2, 0.25) is 14.7 Å². The molecule has 0 fully saturated rings. The zero-order valence-corrected chi connectivity index (χ0v) is 25.2. The summed E-state index contributed by atoms with van der Waals surface area (Å²) in [6.45, 7) is 2.58. The Hall–Kier alpha value is 3.29. The van der Waals surface area contributed by atoms with Crippen LogP contribution in [0.5, 0.6) is 0 Å². The molecule has 0 saturated carbocycles. The van der Waals surface area contributed by atoms with Gasteiger partial charge in [0.05, 0.1) is 0 Å². The van der Waals surface area contributed by atoms with Gasteiger partial charge in [-0.05, 0) is 0 Å². The predicted molar refractivity (Wildman–Crippen MR) is 72.4 cm³/mol. The minimum atomic E-state index is -2.76. The van der Waals surface area contributed by atoms with Crippen LogP contribution >= 0.6 is 53.5 Å². The van der Waals surface area contributed by atoms with Crippen molar-refractivity contribution in [1.82, 2.24) is 0 Å². The normalized spacial score (nSPS) is 12.9. The van der Waals surface area contributed by atoms with Crippen molar-refractivity contribution < 1.29 is 85.6 Å². The summed E-state index contributed by atoms with van der Waals surface area (Å²) in [4.78, 5) is 16.6. The van der Waals surface area contributed by atoms with Crippen LogP contribution in [0, 0.1) is 0 Å². The van der Waals surface area contributed by atoms with E-state index in [4.69, 9.17) is 48.6 Å². The molecule has 118 valence electrons. The molecule has 0 bridgehead atoms. The first-order valence-corrected chi connectivity index (χ1v) is 24.5. The monoisotopic (exact) mass is 569 g/mol. The summed E-state index contributed by atoms with van der Waals surface area (Å²) in [5, 5.41) is 0. The van der Waals surface area contributed by atoms with Crippen molar-refractivity contribution in [2.45, 2.75) is 0 Å². The number of quaternary nitrogens is 2. The van der Waals surface area contributed by atoms with Crippen LogP contribution in [-0.2, 0) is 58.9 Å². The second kappa shape index (κ2) is 27.2. The molecule has 20 heavy (non-hydrogen) atoms. The molecule has 0 aromatic heterocycles. The molecule has 16 heteroatoms. The molecule has 7 nitrogen and oxygen atoms in total. The fourth-order valence-electron chi connectivity index (χ4n) is 0. The van der Waals surface area contributed by atoms with Gasteiger partial charge in [-0.3, -0.25) is 9.13 Å². The molecule has 0 aliphatic rings. The van der Waals surface area contributed by atoms with Crippen molar-refractivity contribution in [3.8, 4) is 0 Å². The minimum absolute atomic E-state index is 0. The Bertz CT molecular complexity index is 222. The molecular formula is C4H19Cl4N2O5P2Zn3+. The van der Waals surface area contributed by atoms with Gasteiger partial charge in [0.1, 0.15) is 0 Å². The van der Waals surface area contributed by atoms with Gasteiger partial charge >= 0.3 is 69.1 Å². The van der Waals surface area contributed by atoms with Crippen molar-refractivity contribution in [3.05, 3.63) is 0 Å². The maximum atomic E-state index is 10.1. The van der Waals surface area contributed by atoms with Crippen LogP contribution in [0.4, 0.5) is 0 Å². The second-order valence-electron chi connectivity index (χ2n) is 2.75. The third kappa shape index (κ3) is 102. The fraction of sp³-hybridized carbons (Fsp3) is 1.00. The van der Waals surface area contributed by atoms with Crippen LogP contribution < -0.4 is 11.5 Å². The molecule has 0 rings (SSSR count). The molecule has 2 atom stereocenters. The molecule has 0 aromatic rings. The summed E-state index contributed by atoms with van der Waals surface area (Å²) in [6, 6.07) is 0. The molecule has 0 heterocycles. The van der Waals surface area contributed by atoms with Crippen LogP contribution in [0.1, 0.15) is 0 Å². The van der Waals surface area contributed by atoms with Gasteiger partial charge in [-0.15, -0.1) is 0 Å². The maximum absolute atomic E-state index is 10.1. The Morgan fingerprint density at radius 1 is 0.900 bits per heavy atom. The van der Waals surface area contributed by atoms with Gasteiger partial charge in [0.15, 0.2) is 12.6 Å². The smallest absolute Gasteiger partial charge is 0 e. The number of hydrogen-bond donors (Lipinski definition) is 4. The van der Waals surface area contributed by atoms with E-state index in [9.17, 15) is 9.13 Å². The van der Waals surface area contributed by atoms with Gasteiger partial charge in [-0.1, -0.05) is 0 Å². The fourth-order valence-corrected chi connectivity index (χ4v) is 0. The van der Waals surface area contributed by atoms with E-state index in [1.165, 1.54) is 13.3 Å². The first kappa shape index (κ1) is 38.7. The Morgan fingerprint density at radius 3 is 0.950 bits per heavy atom. The summed E-state index contributed by atoms with van der Waals surface area (Å²) in [7, 11) is 14.3. The van der Waals surface area contributed by atoms with E-state index in [1.807, 2.05) is 0 Å². The molecule has 0 spiro atoms. The first-order valence-electron chi connectivity index (χ1n) is 4.36. The summed E-state index contributed by atoms with van der Waals surface area (Å²) in [6.07, 6.45) is 0.264. The van der Waals surface area contributed by atoms with Gasteiger partial charge in [-0.2, -0.15) is 0 Å². The Balaban J connectivity index is -0.0000000332. The summed E-state index contributed by atoms with van der Waals surface area (Å²) >= 11 is -1.86. The number of hydrogen-bond acceptors (Lipinski definition) is 3. The molecule has 2 unspecified atom stereocenters. The average Bonchev–Trinajstić information content (AvgIpc) is 2.19. The van der Waals surface area contributed by atoms with Crippen LogP contribution in [-0.4, -0.2) is 41.2 Å². The summed E-state index contributed by atoms with van der Waals surface area (Å²) in [5.41, 5.74) is 6.49. The molecule has 0 aliphatic heterocycles. The topological polar surface area (TPSA) is 160 Å². The number of halogens is 4. The van der Waals surface area contributed by atoms with Crippen LogP contribution in [0.3, 0.4) is 0 Å². The zero-order valence-electron chi connectivity index (χ0n) is 11.5.